The van der Waals surface area contributed by atoms with E-state index in [1.807, 2.05) is 26.0 Å². The third-order valence-electron chi connectivity index (χ3n) is 16.7. The molecule has 5 aromatic rings. The third-order valence-corrected chi connectivity index (χ3v) is 26.8. The van der Waals surface area contributed by atoms with Gasteiger partial charge in [0.15, 0.2) is 5.79 Å². The molecular formula is C66H86O7Si2. The summed E-state index contributed by atoms with van der Waals surface area (Å²) in [6, 6.07) is 52.0. The maximum absolute atomic E-state index is 15.7. The first-order valence-corrected chi connectivity index (χ1v) is 31.7. The van der Waals surface area contributed by atoms with Gasteiger partial charge in [0.05, 0.1) is 51.7 Å². The second-order valence-corrected chi connectivity index (χ2v) is 32.7. The molecule has 7 nitrogen and oxygen atoms in total. The second-order valence-electron chi connectivity index (χ2n) is 24.1. The van der Waals surface area contributed by atoms with Crippen molar-refractivity contribution in [3.8, 4) is 5.75 Å². The minimum atomic E-state index is -3.20. The quantitative estimate of drug-likeness (QED) is 0.0412. The molecule has 2 unspecified atom stereocenters. The number of ketones is 1. The molecule has 2 bridgehead atoms. The average Bonchev–Trinajstić information content (AvgIpc) is 3.50. The van der Waals surface area contributed by atoms with Crippen molar-refractivity contribution in [2.45, 2.75) is 148 Å². The molecule has 0 N–H and O–H groups in total. The van der Waals surface area contributed by atoms with Crippen molar-refractivity contribution in [1.82, 2.24) is 0 Å². The van der Waals surface area contributed by atoms with Crippen LogP contribution in [0.2, 0.25) is 10.1 Å². The second kappa shape index (κ2) is 24.3. The van der Waals surface area contributed by atoms with Gasteiger partial charge in [0.1, 0.15) is 11.5 Å². The van der Waals surface area contributed by atoms with E-state index in [-0.39, 0.29) is 27.7 Å². The summed E-state index contributed by atoms with van der Waals surface area (Å²) in [4.78, 5) is 15.7. The number of carbonyl (C=O) groups is 1. The van der Waals surface area contributed by atoms with Crippen LogP contribution in [0.15, 0.2) is 169 Å². The fraction of sp³-hybridized carbons (Fsp3) is 0.470. The van der Waals surface area contributed by atoms with Crippen LogP contribution in [0, 0.1) is 23.2 Å². The van der Waals surface area contributed by atoms with Gasteiger partial charge in [-0.3, -0.25) is 4.79 Å². The smallest absolute Gasteiger partial charge is 0.261 e. The van der Waals surface area contributed by atoms with E-state index >= 15 is 4.79 Å². The van der Waals surface area contributed by atoms with E-state index in [0.717, 1.165) is 43.4 Å². The monoisotopic (exact) mass is 1050 g/mol. The van der Waals surface area contributed by atoms with Crippen molar-refractivity contribution in [2.75, 3.05) is 26.9 Å². The first kappa shape index (κ1) is 56.5. The Hall–Kier alpha value is -4.72. The molecule has 75 heavy (non-hydrogen) atoms. The molecule has 0 amide bonds. The van der Waals surface area contributed by atoms with Gasteiger partial charge < -0.3 is 27.8 Å². The highest BCUT2D eigenvalue weighted by Crippen LogP contribution is 2.54. The molecule has 0 radical (unpaired) electrons. The van der Waals surface area contributed by atoms with Crippen LogP contribution < -0.4 is 25.5 Å². The van der Waals surface area contributed by atoms with Crippen molar-refractivity contribution in [2.24, 2.45) is 23.2 Å². The van der Waals surface area contributed by atoms with E-state index in [2.05, 4.69) is 200 Å². The summed E-state index contributed by atoms with van der Waals surface area (Å²) in [6.07, 6.45) is 13.1. The molecule has 5 aromatic carbocycles. The number of benzene rings is 5. The maximum atomic E-state index is 15.7. The molecule has 2 fully saturated rings. The molecule has 1 saturated heterocycles. The lowest BCUT2D eigenvalue weighted by molar-refractivity contribution is -0.281. The van der Waals surface area contributed by atoms with Crippen molar-refractivity contribution in [1.29, 1.82) is 0 Å². The number of rotatable bonds is 21. The highest BCUT2D eigenvalue weighted by molar-refractivity contribution is 7.00. The molecule has 9 heteroatoms. The minimum absolute atomic E-state index is 0.0690. The van der Waals surface area contributed by atoms with E-state index < -0.39 is 46.0 Å². The fourth-order valence-electron chi connectivity index (χ4n) is 12.8. The van der Waals surface area contributed by atoms with E-state index in [4.69, 9.17) is 27.8 Å². The van der Waals surface area contributed by atoms with Crippen LogP contribution in [0.25, 0.3) is 0 Å². The summed E-state index contributed by atoms with van der Waals surface area (Å²) in [5.74, 6) is -0.144. The normalized spacial score (nSPS) is 21.4. The number of carbonyl (C=O) groups excluding carboxylic acids is 1. The summed E-state index contributed by atoms with van der Waals surface area (Å²) < 4.78 is 42.5. The van der Waals surface area contributed by atoms with E-state index in [0.29, 0.717) is 45.7 Å². The Morgan fingerprint density at radius 2 is 1.21 bits per heavy atom. The lowest BCUT2D eigenvalue weighted by Crippen LogP contribution is -2.69. The molecule has 8 rings (SSSR count). The highest BCUT2D eigenvalue weighted by Gasteiger charge is 2.58. The van der Waals surface area contributed by atoms with Crippen LogP contribution >= 0.6 is 0 Å². The van der Waals surface area contributed by atoms with Crippen LogP contribution in [0.5, 0.6) is 5.75 Å². The largest absolute Gasteiger partial charge is 0.497 e. The lowest BCUT2D eigenvalue weighted by atomic mass is 9.63. The van der Waals surface area contributed by atoms with Gasteiger partial charge in [-0.2, -0.15) is 0 Å². The summed E-state index contributed by atoms with van der Waals surface area (Å²) in [6.45, 7) is 21.8. The fourth-order valence-corrected chi connectivity index (χ4v) is 22.1. The summed E-state index contributed by atoms with van der Waals surface area (Å²) in [5.41, 5.74) is 1.69. The van der Waals surface area contributed by atoms with Gasteiger partial charge in [-0.25, -0.2) is 0 Å². The van der Waals surface area contributed by atoms with Gasteiger partial charge in [-0.05, 0) is 119 Å². The number of fused-ring (bicyclic) bond motifs is 3. The number of methoxy groups -OCH3 is 1. The van der Waals surface area contributed by atoms with Crippen molar-refractivity contribution >= 4 is 43.2 Å². The Kier molecular flexibility index (Phi) is 18.3. The SMILES string of the molecule is C/C=C/CCCCC[C@@H]1C=C2C(OCc3ccc(OC)cc3)C(C(=O)CCC23COC(C)(C)OC3)[C@H]1C[C@@H](CO[Si](c1ccccc1)(c1ccccc1)C(C)(C)C)O[Si](c1ccccc1)(c1ccccc1)C(C)(C)C. The maximum Gasteiger partial charge on any atom is 0.261 e. The number of unbranched alkanes of at least 4 members (excludes halogenated alkanes) is 3. The van der Waals surface area contributed by atoms with Gasteiger partial charge in [0.25, 0.3) is 16.6 Å². The number of hydrogen-bond acceptors (Lipinski definition) is 7. The van der Waals surface area contributed by atoms with Crippen molar-refractivity contribution in [3.63, 3.8) is 0 Å². The zero-order valence-electron chi connectivity index (χ0n) is 46.8. The Morgan fingerprint density at radius 3 is 1.71 bits per heavy atom. The first-order valence-electron chi connectivity index (χ1n) is 27.9. The predicted octanol–water partition coefficient (Wildman–Crippen LogP) is 12.9. The van der Waals surface area contributed by atoms with Crippen LogP contribution in [0.1, 0.15) is 119 Å². The van der Waals surface area contributed by atoms with E-state index in [9.17, 15) is 0 Å². The van der Waals surface area contributed by atoms with Crippen LogP contribution in [-0.2, 0) is 34.5 Å². The Balaban J connectivity index is 1.31. The summed E-state index contributed by atoms with van der Waals surface area (Å²) in [5, 5.41) is 4.32. The molecule has 3 aliphatic rings. The molecular weight excluding hydrogens is 961 g/mol. The molecule has 1 spiro atoms. The van der Waals surface area contributed by atoms with Gasteiger partial charge in [0.2, 0.25) is 0 Å². The molecule has 400 valence electrons. The zero-order chi connectivity index (χ0) is 53.3. The average molecular weight is 1050 g/mol. The number of ether oxygens (including phenoxy) is 4. The first-order chi connectivity index (χ1) is 36.0. The lowest BCUT2D eigenvalue weighted by Gasteiger charge is -2.50. The van der Waals surface area contributed by atoms with Crippen LogP contribution in [-0.4, -0.2) is 67.3 Å². The Morgan fingerprint density at radius 1 is 0.693 bits per heavy atom. The Labute approximate surface area is 452 Å². The zero-order valence-corrected chi connectivity index (χ0v) is 48.8. The number of Topliss-reactive ketones (excluding diaryl/α,β-unsaturated/α-hetero) is 1. The standard InChI is InChI=1S/C66H86O7Si2/c1-11-12-13-14-15-20-29-51-44-59-62(69-46-50-38-40-52(68-10)41-39-50)61(60(67)42-43-66(59)48-70-65(8,9)71-49-66)58(51)45-53(73-75(64(5,6)7,56-34-25-18-26-35-56)57-36-27-19-28-37-57)47-72-74(63(2,3)4,54-30-21-16-22-31-54)55-32-23-17-24-33-55/h11-12,16-19,21-28,30-41,44,51,53,58,61-62H,13-15,20,29,42-43,45-49H2,1-10H3/b12-11+/t51-,53+,58+,61?,62?/m1/s1. The van der Waals surface area contributed by atoms with Crippen LogP contribution in [0.4, 0.5) is 0 Å². The summed E-state index contributed by atoms with van der Waals surface area (Å²) >= 11 is 0. The van der Waals surface area contributed by atoms with Crippen LogP contribution in [0.3, 0.4) is 0 Å². The molecule has 1 heterocycles. The van der Waals surface area contributed by atoms with E-state index in [1.165, 1.54) is 26.3 Å². The topological polar surface area (TPSA) is 72.5 Å². The highest BCUT2D eigenvalue weighted by atomic mass is 28.4. The molecule has 2 aliphatic carbocycles. The minimum Gasteiger partial charge on any atom is -0.497 e. The predicted molar refractivity (Wildman–Crippen MR) is 311 cm³/mol. The molecule has 0 aromatic heterocycles. The van der Waals surface area contributed by atoms with Gasteiger partial charge in [-0.1, -0.05) is 206 Å². The third kappa shape index (κ3) is 12.4. The summed E-state index contributed by atoms with van der Waals surface area (Å²) in [7, 11) is -4.59. The van der Waals surface area contributed by atoms with Crippen molar-refractivity contribution < 1.29 is 32.6 Å². The molecule has 5 atom stereocenters. The van der Waals surface area contributed by atoms with Gasteiger partial charge in [0, 0.05) is 11.8 Å². The van der Waals surface area contributed by atoms with Gasteiger partial charge in [-0.15, -0.1) is 0 Å². The van der Waals surface area contributed by atoms with E-state index in [1.54, 1.807) is 7.11 Å². The number of allylic oxidation sites excluding steroid dienone is 3. The van der Waals surface area contributed by atoms with Crippen molar-refractivity contribution in [3.05, 3.63) is 175 Å². The molecule has 1 saturated carbocycles. The number of hydrogen-bond donors (Lipinski definition) is 0. The Bertz CT molecular complexity index is 2550. The molecule has 1 aliphatic heterocycles. The van der Waals surface area contributed by atoms with Gasteiger partial charge >= 0.3 is 0 Å².